The fourth-order valence-corrected chi connectivity index (χ4v) is 4.24. The number of pyridine rings is 1. The van der Waals surface area contributed by atoms with Gasteiger partial charge >= 0.3 is 0 Å². The molecular formula is C15H13FN2O3S. The third-order valence-electron chi connectivity index (χ3n) is 3.48. The van der Waals surface area contributed by atoms with Crippen molar-refractivity contribution in [2.24, 2.45) is 0 Å². The van der Waals surface area contributed by atoms with E-state index in [4.69, 9.17) is 0 Å². The van der Waals surface area contributed by atoms with Crippen LogP contribution in [0.3, 0.4) is 0 Å². The molecule has 0 bridgehead atoms. The van der Waals surface area contributed by atoms with Crippen LogP contribution in [0, 0.1) is 5.82 Å². The van der Waals surface area contributed by atoms with Gasteiger partial charge in [-0.25, -0.2) is 12.8 Å². The van der Waals surface area contributed by atoms with Gasteiger partial charge in [-0.05, 0) is 29.8 Å². The van der Waals surface area contributed by atoms with Crippen molar-refractivity contribution in [2.45, 2.75) is 11.9 Å². The highest BCUT2D eigenvalue weighted by molar-refractivity contribution is 7.92. The average Bonchev–Trinajstić information content (AvgIpc) is 2.71. The Morgan fingerprint density at radius 3 is 2.55 bits per heavy atom. The van der Waals surface area contributed by atoms with E-state index < -0.39 is 26.9 Å². The van der Waals surface area contributed by atoms with Crippen molar-refractivity contribution in [3.05, 3.63) is 65.7 Å². The van der Waals surface area contributed by atoms with Crippen molar-refractivity contribution in [3.63, 3.8) is 0 Å². The Hall–Kier alpha value is -2.28. The van der Waals surface area contributed by atoms with Crippen molar-refractivity contribution >= 4 is 15.7 Å². The van der Waals surface area contributed by atoms with E-state index in [0.717, 1.165) is 0 Å². The average molecular weight is 320 g/mol. The first-order valence-electron chi connectivity index (χ1n) is 6.64. The van der Waals surface area contributed by atoms with Crippen LogP contribution in [-0.2, 0) is 21.2 Å². The van der Waals surface area contributed by atoms with E-state index in [0.29, 0.717) is 11.3 Å². The minimum Gasteiger partial charge on any atom is -0.315 e. The van der Waals surface area contributed by atoms with Gasteiger partial charge in [-0.1, -0.05) is 18.2 Å². The number of halogens is 1. The highest BCUT2D eigenvalue weighted by atomic mass is 32.2. The normalized spacial score (nSPS) is 20.3. The third kappa shape index (κ3) is 2.71. The number of rotatable bonds is 3. The predicted octanol–water partition coefficient (Wildman–Crippen LogP) is 1.68. The van der Waals surface area contributed by atoms with Gasteiger partial charge in [0.25, 0.3) is 0 Å². The van der Waals surface area contributed by atoms with Crippen LogP contribution in [0.15, 0.2) is 48.7 Å². The third-order valence-corrected chi connectivity index (χ3v) is 5.30. The second-order valence-corrected chi connectivity index (χ2v) is 7.12. The SMILES string of the molecule is O=C1CS(=O)(=O)[C@@H](c2ccccn2)N1Cc1ccc(F)cc1. The molecule has 3 rings (SSSR count). The van der Waals surface area contributed by atoms with E-state index in [1.807, 2.05) is 0 Å². The zero-order chi connectivity index (χ0) is 15.7. The first-order chi connectivity index (χ1) is 10.5. The van der Waals surface area contributed by atoms with E-state index in [2.05, 4.69) is 4.98 Å². The van der Waals surface area contributed by atoms with Gasteiger partial charge in [0.1, 0.15) is 11.6 Å². The van der Waals surface area contributed by atoms with Gasteiger partial charge < -0.3 is 4.90 Å². The van der Waals surface area contributed by atoms with Crippen LogP contribution in [0.1, 0.15) is 16.6 Å². The Bertz CT molecular complexity index is 791. The van der Waals surface area contributed by atoms with Gasteiger partial charge in [-0.2, -0.15) is 0 Å². The topological polar surface area (TPSA) is 67.3 Å². The van der Waals surface area contributed by atoms with E-state index in [1.165, 1.54) is 35.4 Å². The summed E-state index contributed by atoms with van der Waals surface area (Å²) < 4.78 is 37.5. The molecule has 1 aromatic carbocycles. The van der Waals surface area contributed by atoms with Crippen molar-refractivity contribution in [2.75, 3.05) is 5.75 Å². The number of amides is 1. The molecule has 0 spiro atoms. The van der Waals surface area contributed by atoms with E-state index in [9.17, 15) is 17.6 Å². The first kappa shape index (κ1) is 14.6. The van der Waals surface area contributed by atoms with E-state index in [1.54, 1.807) is 18.2 Å². The quantitative estimate of drug-likeness (QED) is 0.863. The molecule has 1 aliphatic rings. The van der Waals surface area contributed by atoms with Crippen LogP contribution >= 0.6 is 0 Å². The van der Waals surface area contributed by atoms with Crippen LogP contribution in [0.2, 0.25) is 0 Å². The molecule has 0 saturated carbocycles. The number of carbonyl (C=O) groups excluding carboxylic acids is 1. The molecule has 1 saturated heterocycles. The first-order valence-corrected chi connectivity index (χ1v) is 8.35. The van der Waals surface area contributed by atoms with Crippen LogP contribution in [-0.4, -0.2) is 30.0 Å². The highest BCUT2D eigenvalue weighted by Gasteiger charge is 2.45. The minimum absolute atomic E-state index is 0.0968. The lowest BCUT2D eigenvalue weighted by molar-refractivity contribution is -0.128. The standard InChI is InChI=1S/C15H13FN2O3S/c16-12-6-4-11(5-7-12)9-18-14(19)10-22(20,21)15(18)13-3-1-2-8-17-13/h1-8,15H,9-10H2/t15-/m0/s1. The molecule has 22 heavy (non-hydrogen) atoms. The number of sulfone groups is 1. The number of carbonyl (C=O) groups is 1. The summed E-state index contributed by atoms with van der Waals surface area (Å²) >= 11 is 0. The largest absolute Gasteiger partial charge is 0.315 e. The van der Waals surface area contributed by atoms with Gasteiger partial charge in [0, 0.05) is 12.7 Å². The molecule has 0 N–H and O–H groups in total. The second-order valence-electron chi connectivity index (χ2n) is 5.06. The fourth-order valence-electron chi connectivity index (χ4n) is 2.48. The zero-order valence-corrected chi connectivity index (χ0v) is 12.3. The van der Waals surface area contributed by atoms with Crippen molar-refractivity contribution in [1.82, 2.24) is 9.88 Å². The summed E-state index contributed by atoms with van der Waals surface area (Å²) in [5.74, 6) is -1.39. The summed E-state index contributed by atoms with van der Waals surface area (Å²) in [6.45, 7) is 0.0968. The predicted molar refractivity (Wildman–Crippen MR) is 77.7 cm³/mol. The molecular weight excluding hydrogens is 307 g/mol. The van der Waals surface area contributed by atoms with Crippen LogP contribution < -0.4 is 0 Å². The van der Waals surface area contributed by atoms with Gasteiger partial charge in [-0.15, -0.1) is 0 Å². The summed E-state index contributed by atoms with van der Waals surface area (Å²) in [4.78, 5) is 17.4. The van der Waals surface area contributed by atoms with Crippen molar-refractivity contribution in [3.8, 4) is 0 Å². The lowest BCUT2D eigenvalue weighted by atomic mass is 10.2. The number of aromatic nitrogens is 1. The molecule has 5 nitrogen and oxygen atoms in total. The van der Waals surface area contributed by atoms with Crippen molar-refractivity contribution < 1.29 is 17.6 Å². The molecule has 1 fully saturated rings. The van der Waals surface area contributed by atoms with Crippen LogP contribution in [0.25, 0.3) is 0 Å². The molecule has 1 atom stereocenters. The number of benzene rings is 1. The van der Waals surface area contributed by atoms with Crippen molar-refractivity contribution in [1.29, 1.82) is 0 Å². The lowest BCUT2D eigenvalue weighted by Crippen LogP contribution is -2.29. The maximum Gasteiger partial charge on any atom is 0.239 e. The molecule has 0 radical (unpaired) electrons. The van der Waals surface area contributed by atoms with Crippen LogP contribution in [0.4, 0.5) is 4.39 Å². The number of hydrogen-bond acceptors (Lipinski definition) is 4. The van der Waals surface area contributed by atoms with Gasteiger partial charge in [0.15, 0.2) is 15.2 Å². The molecule has 7 heteroatoms. The molecule has 0 aliphatic carbocycles. The molecule has 1 aromatic heterocycles. The molecule has 1 amide bonds. The minimum atomic E-state index is -3.63. The Kier molecular flexibility index (Phi) is 3.66. The zero-order valence-electron chi connectivity index (χ0n) is 11.5. The van der Waals surface area contributed by atoms with Gasteiger partial charge in [0.2, 0.25) is 5.91 Å². The van der Waals surface area contributed by atoms with E-state index >= 15 is 0 Å². The Morgan fingerprint density at radius 1 is 1.18 bits per heavy atom. The smallest absolute Gasteiger partial charge is 0.239 e. The Morgan fingerprint density at radius 2 is 1.91 bits per heavy atom. The van der Waals surface area contributed by atoms with Gasteiger partial charge in [0.05, 0.1) is 5.69 Å². The monoisotopic (exact) mass is 320 g/mol. The molecule has 2 heterocycles. The Balaban J connectivity index is 1.97. The second kappa shape index (κ2) is 5.49. The highest BCUT2D eigenvalue weighted by Crippen LogP contribution is 2.33. The maximum atomic E-state index is 13.0. The molecule has 0 unspecified atom stereocenters. The Labute approximate surface area is 127 Å². The summed E-state index contributed by atoms with van der Waals surface area (Å²) in [7, 11) is -3.63. The number of hydrogen-bond donors (Lipinski definition) is 0. The fraction of sp³-hybridized carbons (Fsp3) is 0.200. The number of nitrogens with zero attached hydrogens (tertiary/aromatic N) is 2. The van der Waals surface area contributed by atoms with Crippen LogP contribution in [0.5, 0.6) is 0 Å². The van der Waals surface area contributed by atoms with Gasteiger partial charge in [-0.3, -0.25) is 9.78 Å². The van der Waals surface area contributed by atoms with E-state index in [-0.39, 0.29) is 12.4 Å². The summed E-state index contributed by atoms with van der Waals surface area (Å²) in [6, 6.07) is 10.6. The molecule has 1 aliphatic heterocycles. The summed E-state index contributed by atoms with van der Waals surface area (Å²) in [5.41, 5.74) is 0.975. The maximum absolute atomic E-state index is 13.0. The molecule has 2 aromatic rings. The summed E-state index contributed by atoms with van der Waals surface area (Å²) in [5, 5.41) is -1.09. The lowest BCUT2D eigenvalue weighted by Gasteiger charge is -2.23. The summed E-state index contributed by atoms with van der Waals surface area (Å²) in [6.07, 6.45) is 1.49. The molecule has 114 valence electrons.